The molecule has 0 bridgehead atoms. The molecular weight excluding hydrogens is 412 g/mol. The topological polar surface area (TPSA) is 75.7 Å². The van der Waals surface area contributed by atoms with Crippen LogP contribution < -0.4 is 14.4 Å². The third kappa shape index (κ3) is 6.08. The van der Waals surface area contributed by atoms with Crippen LogP contribution in [0.25, 0.3) is 0 Å². The Kier molecular flexibility index (Phi) is 6.97. The van der Waals surface area contributed by atoms with E-state index in [-0.39, 0.29) is 6.54 Å². The fraction of sp³-hybridized carbons (Fsp3) is 0.208. The molecule has 3 rings (SSSR count). The Morgan fingerprint density at radius 2 is 1.61 bits per heavy atom. The summed E-state index contributed by atoms with van der Waals surface area (Å²) in [5.41, 5.74) is 4.09. The summed E-state index contributed by atoms with van der Waals surface area (Å²) in [6, 6.07) is 22.0. The summed E-state index contributed by atoms with van der Waals surface area (Å²) in [6.07, 6.45) is 1.08. The van der Waals surface area contributed by atoms with Gasteiger partial charge in [0, 0.05) is 5.69 Å². The van der Waals surface area contributed by atoms with Crippen LogP contribution in [0.5, 0.6) is 5.75 Å². The number of nitrogens with one attached hydrogen (secondary N) is 1. The molecule has 7 heteroatoms. The van der Waals surface area contributed by atoms with E-state index in [4.69, 9.17) is 4.74 Å². The molecule has 0 spiro atoms. The van der Waals surface area contributed by atoms with Gasteiger partial charge in [0.25, 0.3) is 0 Å². The van der Waals surface area contributed by atoms with Gasteiger partial charge in [0.05, 0.1) is 11.9 Å². The second-order valence-electron chi connectivity index (χ2n) is 7.33. The number of sulfonamides is 1. The highest BCUT2D eigenvalue weighted by atomic mass is 32.2. The van der Waals surface area contributed by atoms with Gasteiger partial charge >= 0.3 is 0 Å². The highest BCUT2D eigenvalue weighted by Crippen LogP contribution is 2.23. The molecule has 0 atom stereocenters. The first-order valence-electron chi connectivity index (χ1n) is 9.84. The number of hydrogen-bond donors (Lipinski definition) is 1. The Hall–Kier alpha value is -3.32. The van der Waals surface area contributed by atoms with E-state index < -0.39 is 15.9 Å². The molecule has 0 aliphatic rings. The molecule has 0 aliphatic carbocycles. The van der Waals surface area contributed by atoms with E-state index >= 15 is 0 Å². The Bertz CT molecular complexity index is 1140. The molecule has 3 aromatic rings. The van der Waals surface area contributed by atoms with Crippen molar-refractivity contribution in [3.8, 4) is 5.75 Å². The van der Waals surface area contributed by atoms with Crippen molar-refractivity contribution in [3.05, 3.63) is 89.5 Å². The molecule has 3 aromatic carbocycles. The van der Waals surface area contributed by atoms with Gasteiger partial charge in [0.2, 0.25) is 15.9 Å². The maximum absolute atomic E-state index is 12.6. The maximum Gasteiger partial charge on any atom is 0.245 e. The number of aryl methyl sites for hydroxylation is 1. The van der Waals surface area contributed by atoms with Crippen molar-refractivity contribution in [3.63, 3.8) is 0 Å². The zero-order chi connectivity index (χ0) is 22.4. The molecule has 0 unspecified atom stereocenters. The van der Waals surface area contributed by atoms with E-state index in [0.717, 1.165) is 27.3 Å². The molecule has 0 aromatic heterocycles. The van der Waals surface area contributed by atoms with Crippen LogP contribution in [0.1, 0.15) is 16.7 Å². The summed E-state index contributed by atoms with van der Waals surface area (Å²) in [7, 11) is -3.66. The summed E-state index contributed by atoms with van der Waals surface area (Å²) < 4.78 is 31.5. The third-order valence-electron chi connectivity index (χ3n) is 4.94. The lowest BCUT2D eigenvalue weighted by Crippen LogP contribution is -2.37. The van der Waals surface area contributed by atoms with E-state index in [1.54, 1.807) is 30.3 Å². The summed E-state index contributed by atoms with van der Waals surface area (Å²) >= 11 is 0. The highest BCUT2D eigenvalue weighted by molar-refractivity contribution is 7.92. The summed E-state index contributed by atoms with van der Waals surface area (Å²) in [6.45, 7) is 3.95. The Morgan fingerprint density at radius 3 is 2.26 bits per heavy atom. The van der Waals surface area contributed by atoms with Crippen molar-refractivity contribution in [2.75, 3.05) is 22.4 Å². The maximum atomic E-state index is 12.6. The zero-order valence-electron chi connectivity index (χ0n) is 17.8. The van der Waals surface area contributed by atoms with E-state index in [2.05, 4.69) is 5.32 Å². The number of carbonyl (C=O) groups excluding carboxylic acids is 1. The molecule has 0 radical (unpaired) electrons. The van der Waals surface area contributed by atoms with Gasteiger partial charge in [0.15, 0.2) is 0 Å². The quantitative estimate of drug-likeness (QED) is 0.569. The highest BCUT2D eigenvalue weighted by Gasteiger charge is 2.21. The second-order valence-corrected chi connectivity index (χ2v) is 9.24. The van der Waals surface area contributed by atoms with Crippen molar-refractivity contribution in [2.45, 2.75) is 20.5 Å². The van der Waals surface area contributed by atoms with Crippen LogP contribution in [-0.4, -0.2) is 27.1 Å². The monoisotopic (exact) mass is 438 g/mol. The first-order chi connectivity index (χ1) is 14.7. The number of benzene rings is 3. The zero-order valence-corrected chi connectivity index (χ0v) is 18.6. The second kappa shape index (κ2) is 9.66. The Morgan fingerprint density at radius 1 is 0.935 bits per heavy atom. The fourth-order valence-electron chi connectivity index (χ4n) is 3.06. The normalized spacial score (nSPS) is 11.1. The van der Waals surface area contributed by atoms with Crippen molar-refractivity contribution in [1.29, 1.82) is 0 Å². The van der Waals surface area contributed by atoms with Gasteiger partial charge in [-0.25, -0.2) is 8.42 Å². The van der Waals surface area contributed by atoms with Crippen molar-refractivity contribution >= 4 is 27.3 Å². The number of ether oxygens (including phenoxy) is 1. The van der Waals surface area contributed by atoms with Crippen LogP contribution in [0.4, 0.5) is 11.4 Å². The van der Waals surface area contributed by atoms with Crippen LogP contribution in [0.2, 0.25) is 0 Å². The number of carbonyl (C=O) groups is 1. The molecule has 0 aliphatic heterocycles. The van der Waals surface area contributed by atoms with E-state index in [1.165, 1.54) is 0 Å². The SMILES string of the molecule is Cc1cccc(NC(=O)CN(c2ccc(OCc3ccccc3)cc2)S(C)(=O)=O)c1C. The summed E-state index contributed by atoms with van der Waals surface area (Å²) in [5.74, 6) is 0.199. The smallest absolute Gasteiger partial charge is 0.245 e. The minimum absolute atomic E-state index is 0.323. The molecule has 0 saturated heterocycles. The van der Waals surface area contributed by atoms with Crippen LogP contribution in [0.15, 0.2) is 72.8 Å². The van der Waals surface area contributed by atoms with E-state index in [9.17, 15) is 13.2 Å². The lowest BCUT2D eigenvalue weighted by molar-refractivity contribution is -0.114. The fourth-order valence-corrected chi connectivity index (χ4v) is 3.91. The summed E-state index contributed by atoms with van der Waals surface area (Å²) in [5, 5.41) is 2.80. The summed E-state index contributed by atoms with van der Waals surface area (Å²) in [4.78, 5) is 12.6. The third-order valence-corrected chi connectivity index (χ3v) is 6.08. The van der Waals surface area contributed by atoms with Gasteiger partial charge in [-0.3, -0.25) is 9.10 Å². The van der Waals surface area contributed by atoms with Crippen LogP contribution in [-0.2, 0) is 21.4 Å². The molecule has 31 heavy (non-hydrogen) atoms. The molecule has 0 saturated carbocycles. The minimum Gasteiger partial charge on any atom is -0.489 e. The van der Waals surface area contributed by atoms with Gasteiger partial charge in [0.1, 0.15) is 18.9 Å². The predicted molar refractivity (Wildman–Crippen MR) is 124 cm³/mol. The number of nitrogens with zero attached hydrogens (tertiary/aromatic N) is 1. The van der Waals surface area contributed by atoms with Crippen LogP contribution in [0.3, 0.4) is 0 Å². The molecule has 6 nitrogen and oxygen atoms in total. The van der Waals surface area contributed by atoms with Crippen LogP contribution in [0, 0.1) is 13.8 Å². The standard InChI is InChI=1S/C24H26N2O4S/c1-18-8-7-11-23(19(18)2)25-24(27)16-26(31(3,28)29)21-12-14-22(15-13-21)30-17-20-9-5-4-6-10-20/h4-15H,16-17H2,1-3H3,(H,25,27). The average molecular weight is 439 g/mol. The number of amides is 1. The number of rotatable bonds is 8. The minimum atomic E-state index is -3.66. The molecule has 0 heterocycles. The Balaban J connectivity index is 1.70. The molecular formula is C24H26N2O4S. The molecule has 1 N–H and O–H groups in total. The molecule has 0 fully saturated rings. The number of anilines is 2. The Labute approximate surface area is 183 Å². The van der Waals surface area contributed by atoms with Gasteiger partial charge < -0.3 is 10.1 Å². The largest absolute Gasteiger partial charge is 0.489 e. The average Bonchev–Trinajstić information content (AvgIpc) is 2.74. The lowest BCUT2D eigenvalue weighted by atomic mass is 10.1. The van der Waals surface area contributed by atoms with Crippen molar-refractivity contribution in [2.24, 2.45) is 0 Å². The number of hydrogen-bond acceptors (Lipinski definition) is 4. The molecule has 162 valence electrons. The van der Waals surface area contributed by atoms with Gasteiger partial charge in [-0.2, -0.15) is 0 Å². The van der Waals surface area contributed by atoms with E-state index in [1.807, 2.05) is 56.3 Å². The predicted octanol–water partition coefficient (Wildman–Crippen LogP) is 4.29. The van der Waals surface area contributed by atoms with Gasteiger partial charge in [-0.15, -0.1) is 0 Å². The lowest BCUT2D eigenvalue weighted by Gasteiger charge is -2.22. The first kappa shape index (κ1) is 22.4. The van der Waals surface area contributed by atoms with Crippen molar-refractivity contribution in [1.82, 2.24) is 0 Å². The van der Waals surface area contributed by atoms with Crippen LogP contribution >= 0.6 is 0 Å². The van der Waals surface area contributed by atoms with Crippen molar-refractivity contribution < 1.29 is 17.9 Å². The van der Waals surface area contributed by atoms with E-state index in [0.29, 0.717) is 23.7 Å². The van der Waals surface area contributed by atoms with Gasteiger partial charge in [-0.05, 0) is 60.9 Å². The van der Waals surface area contributed by atoms with Gasteiger partial charge in [-0.1, -0.05) is 42.5 Å². The first-order valence-corrected chi connectivity index (χ1v) is 11.7. The molecule has 1 amide bonds.